The van der Waals surface area contributed by atoms with Crippen LogP contribution in [0.25, 0.3) is 12.2 Å². The van der Waals surface area contributed by atoms with Gasteiger partial charge in [-0.15, -0.1) is 0 Å². The maximum absolute atomic E-state index is 13.9. The summed E-state index contributed by atoms with van der Waals surface area (Å²) in [5, 5.41) is 62.0. The molecule has 0 saturated heterocycles. The maximum atomic E-state index is 13.9. The molecule has 0 radical (unpaired) electrons. The summed E-state index contributed by atoms with van der Waals surface area (Å²) in [6.45, 7) is 0. The molecule has 0 bridgehead atoms. The van der Waals surface area contributed by atoms with Gasteiger partial charge in [-0.05, 0) is 47.0 Å². The van der Waals surface area contributed by atoms with Crippen LogP contribution in [0.1, 0.15) is 33.9 Å². The van der Waals surface area contributed by atoms with Gasteiger partial charge >= 0.3 is 5.97 Å². The van der Waals surface area contributed by atoms with Gasteiger partial charge in [0.25, 0.3) is 0 Å². The van der Waals surface area contributed by atoms with Crippen molar-refractivity contribution >= 4 is 18.1 Å². The first-order chi connectivity index (χ1) is 19.1. The maximum Gasteiger partial charge on any atom is 0.331 e. The molecular weight excluding hydrogens is 520 g/mol. The largest absolute Gasteiger partial charge is 0.508 e. The molecule has 0 aromatic heterocycles. The summed E-state index contributed by atoms with van der Waals surface area (Å²) in [5.74, 6) is -2.32. The number of hydrogen-bond acceptors (Lipinski definition) is 10. The number of benzene rings is 4. The fourth-order valence-electron chi connectivity index (χ4n) is 5.50. The molecule has 2 heterocycles. The minimum atomic E-state index is -1.78. The Hall–Kier alpha value is -5.51. The van der Waals surface area contributed by atoms with Gasteiger partial charge in [0.2, 0.25) is 5.75 Å². The number of esters is 1. The third-order valence-corrected chi connectivity index (χ3v) is 7.06. The summed E-state index contributed by atoms with van der Waals surface area (Å²) in [6.07, 6.45) is 1.98. The molecule has 0 fully saturated rings. The van der Waals surface area contributed by atoms with E-state index >= 15 is 0 Å². The van der Waals surface area contributed by atoms with Crippen LogP contribution in [0.2, 0.25) is 0 Å². The van der Waals surface area contributed by atoms with E-state index in [2.05, 4.69) is 0 Å². The molecule has 6 N–H and O–H groups in total. The fraction of sp³-hybridized carbons (Fsp3) is 0.100. The number of phenols is 6. The lowest BCUT2D eigenvalue weighted by atomic mass is 9.68. The van der Waals surface area contributed by atoms with Gasteiger partial charge < -0.3 is 44.8 Å². The zero-order valence-electron chi connectivity index (χ0n) is 20.8. The molecule has 10 nitrogen and oxygen atoms in total. The second kappa shape index (κ2) is 8.77. The molecule has 1 spiro atoms. The third-order valence-electron chi connectivity index (χ3n) is 7.06. The van der Waals surface area contributed by atoms with Gasteiger partial charge in [0.05, 0.1) is 12.7 Å². The van der Waals surface area contributed by atoms with Crippen LogP contribution in [-0.4, -0.2) is 43.7 Å². The van der Waals surface area contributed by atoms with Gasteiger partial charge in [-0.25, -0.2) is 0 Å². The van der Waals surface area contributed by atoms with Crippen molar-refractivity contribution in [3.8, 4) is 51.7 Å². The summed E-state index contributed by atoms with van der Waals surface area (Å²) in [5.41, 5.74) is -0.303. The van der Waals surface area contributed by atoms with E-state index in [0.29, 0.717) is 16.7 Å². The second-order valence-electron chi connectivity index (χ2n) is 9.46. The highest BCUT2D eigenvalue weighted by molar-refractivity contribution is 6.00. The van der Waals surface area contributed by atoms with Crippen molar-refractivity contribution in [2.45, 2.75) is 11.5 Å². The number of hydrogen-bond donors (Lipinski definition) is 6. The zero-order chi connectivity index (χ0) is 28.3. The monoisotopic (exact) mass is 542 g/mol. The topological polar surface area (TPSA) is 166 Å². The third kappa shape index (κ3) is 3.53. The van der Waals surface area contributed by atoms with Crippen molar-refractivity contribution in [3.63, 3.8) is 0 Å². The van der Waals surface area contributed by atoms with Crippen molar-refractivity contribution in [2.24, 2.45) is 0 Å². The van der Waals surface area contributed by atoms with Gasteiger partial charge in [-0.1, -0.05) is 24.3 Å². The van der Waals surface area contributed by atoms with Gasteiger partial charge in [-0.2, -0.15) is 0 Å². The highest BCUT2D eigenvalue weighted by Gasteiger charge is 2.64. The van der Waals surface area contributed by atoms with E-state index in [0.717, 1.165) is 6.07 Å². The molecule has 6 rings (SSSR count). The molecule has 4 aromatic rings. The molecule has 0 saturated carbocycles. The fourth-order valence-corrected chi connectivity index (χ4v) is 5.50. The Bertz CT molecular complexity index is 1700. The van der Waals surface area contributed by atoms with Crippen molar-refractivity contribution < 1.29 is 49.6 Å². The first-order valence-electron chi connectivity index (χ1n) is 12.0. The molecule has 2 aliphatic heterocycles. The number of ether oxygens (including phenoxy) is 3. The van der Waals surface area contributed by atoms with E-state index in [1.54, 1.807) is 18.2 Å². The number of rotatable bonds is 4. The van der Waals surface area contributed by atoms with Crippen molar-refractivity contribution in [2.75, 3.05) is 7.11 Å². The molecule has 0 aliphatic carbocycles. The number of carbonyl (C=O) groups excluding carboxylic acids is 1. The Morgan fingerprint density at radius 3 is 2.08 bits per heavy atom. The molecule has 0 unspecified atom stereocenters. The minimum Gasteiger partial charge on any atom is -0.508 e. The van der Waals surface area contributed by atoms with Crippen molar-refractivity contribution in [3.05, 3.63) is 88.5 Å². The summed E-state index contributed by atoms with van der Waals surface area (Å²) >= 11 is 0. The lowest BCUT2D eigenvalue weighted by Gasteiger charge is -2.29. The normalized spacial score (nSPS) is 18.9. The van der Waals surface area contributed by atoms with Crippen LogP contribution in [0.3, 0.4) is 0 Å². The number of aromatic hydroxyl groups is 6. The van der Waals surface area contributed by atoms with E-state index in [1.807, 2.05) is 0 Å². The Morgan fingerprint density at radius 1 is 0.750 bits per heavy atom. The Balaban J connectivity index is 1.61. The van der Waals surface area contributed by atoms with Gasteiger partial charge in [-0.3, -0.25) is 4.79 Å². The summed E-state index contributed by atoms with van der Waals surface area (Å²) in [7, 11) is 1.30. The SMILES string of the molecule is COc1c(O)cc(/C=C\c2cc(O)cc3c2[C@@]2(C(=O)O3)c3c(O)cc(O)cc3O[C@@H]2c2ccc(O)cc2)cc1O. The van der Waals surface area contributed by atoms with Crippen LogP contribution >= 0.6 is 0 Å². The molecular formula is C30H22O10. The molecule has 202 valence electrons. The number of methoxy groups -OCH3 is 1. The minimum absolute atomic E-state index is 0.0113. The molecule has 4 aromatic carbocycles. The average molecular weight is 542 g/mol. The van der Waals surface area contributed by atoms with Crippen LogP contribution in [-0.2, 0) is 10.2 Å². The van der Waals surface area contributed by atoms with Crippen LogP contribution in [0, 0.1) is 0 Å². The lowest BCUT2D eigenvalue weighted by Crippen LogP contribution is -2.40. The van der Waals surface area contributed by atoms with E-state index < -0.39 is 23.2 Å². The van der Waals surface area contributed by atoms with Gasteiger partial charge in [0.1, 0.15) is 40.6 Å². The first kappa shape index (κ1) is 24.8. The Labute approximate surface area is 226 Å². The summed E-state index contributed by atoms with van der Waals surface area (Å²) in [4.78, 5) is 13.9. The van der Waals surface area contributed by atoms with E-state index in [4.69, 9.17) is 14.2 Å². The molecule has 10 heteroatoms. The standard InChI is InChI=1S/C30H22O10/c1-38-27-21(35)8-14(9-22(27)36)2-3-16-10-18(32)12-23-25(16)30(29(37)40-23)26-20(34)11-19(33)13-24(26)39-28(30)15-4-6-17(31)7-5-15/h2-13,28,31-36H,1H3/b3-2-/t28-,30-/m1/s1. The van der Waals surface area contributed by atoms with E-state index in [1.165, 1.54) is 55.7 Å². The first-order valence-corrected chi connectivity index (χ1v) is 12.0. The van der Waals surface area contributed by atoms with Crippen LogP contribution < -0.4 is 14.2 Å². The summed E-state index contributed by atoms with van der Waals surface area (Å²) < 4.78 is 16.8. The molecule has 0 amide bonds. The molecule has 40 heavy (non-hydrogen) atoms. The smallest absolute Gasteiger partial charge is 0.331 e. The van der Waals surface area contributed by atoms with Gasteiger partial charge in [0.15, 0.2) is 16.9 Å². The van der Waals surface area contributed by atoms with Crippen LogP contribution in [0.4, 0.5) is 0 Å². The Kier molecular flexibility index (Phi) is 5.44. The predicted octanol–water partition coefficient (Wildman–Crippen LogP) is 4.44. The van der Waals surface area contributed by atoms with Gasteiger partial charge in [0, 0.05) is 23.8 Å². The second-order valence-corrected chi connectivity index (χ2v) is 9.46. The van der Waals surface area contributed by atoms with Crippen LogP contribution in [0.5, 0.6) is 51.7 Å². The zero-order valence-corrected chi connectivity index (χ0v) is 20.8. The molecule has 2 atom stereocenters. The lowest BCUT2D eigenvalue weighted by molar-refractivity contribution is -0.139. The molecule has 2 aliphatic rings. The summed E-state index contributed by atoms with van der Waals surface area (Å²) in [6, 6.07) is 13.7. The van der Waals surface area contributed by atoms with E-state index in [-0.39, 0.29) is 57.1 Å². The quantitative estimate of drug-likeness (QED) is 0.123. The van der Waals surface area contributed by atoms with Crippen molar-refractivity contribution in [1.29, 1.82) is 0 Å². The highest BCUT2D eigenvalue weighted by atomic mass is 16.6. The number of fused-ring (bicyclic) bond motifs is 4. The number of carbonyl (C=O) groups is 1. The van der Waals surface area contributed by atoms with Crippen molar-refractivity contribution in [1.82, 2.24) is 0 Å². The average Bonchev–Trinajstić information content (AvgIpc) is 3.37. The Morgan fingerprint density at radius 2 is 1.40 bits per heavy atom. The predicted molar refractivity (Wildman–Crippen MR) is 141 cm³/mol. The highest BCUT2D eigenvalue weighted by Crippen LogP contribution is 2.63. The number of phenolic OH excluding ortho intramolecular Hbond substituents is 6. The van der Waals surface area contributed by atoms with E-state index in [9.17, 15) is 35.4 Å². The van der Waals surface area contributed by atoms with Crippen LogP contribution in [0.15, 0.2) is 60.7 Å².